The van der Waals surface area contributed by atoms with E-state index in [0.29, 0.717) is 11.7 Å². The van der Waals surface area contributed by atoms with Gasteiger partial charge in [-0.1, -0.05) is 12.1 Å². The third kappa shape index (κ3) is 4.27. The minimum absolute atomic E-state index is 0.187. The topological polar surface area (TPSA) is 30.9 Å². The number of aliphatic imine (C=N–C) groups is 1. The molecule has 3 aromatic rings. The zero-order valence-electron chi connectivity index (χ0n) is 18.2. The van der Waals surface area contributed by atoms with Gasteiger partial charge in [-0.2, -0.15) is 0 Å². The van der Waals surface area contributed by atoms with Gasteiger partial charge in [0.1, 0.15) is 22.5 Å². The van der Waals surface area contributed by atoms with Crippen molar-refractivity contribution in [2.24, 2.45) is 4.99 Å². The zero-order valence-corrected chi connectivity index (χ0v) is 19.1. The smallest absolute Gasteiger partial charge is 0.139 e. The summed E-state index contributed by atoms with van der Waals surface area (Å²) in [6, 6.07) is 14.0. The van der Waals surface area contributed by atoms with E-state index >= 15 is 0 Å². The molecule has 0 aliphatic carbocycles. The number of benzene rings is 2. The normalized spacial score (nSPS) is 18.4. The lowest BCUT2D eigenvalue weighted by Crippen LogP contribution is -2.53. The van der Waals surface area contributed by atoms with E-state index in [1.165, 1.54) is 23.1 Å². The first-order chi connectivity index (χ1) is 15.5. The highest BCUT2D eigenvalue weighted by molar-refractivity contribution is 7.16. The largest absolute Gasteiger partial charge is 0.353 e. The summed E-state index contributed by atoms with van der Waals surface area (Å²) >= 11 is 1.69. The number of piperazine rings is 1. The van der Waals surface area contributed by atoms with Crippen molar-refractivity contribution >= 4 is 33.5 Å². The monoisotopic (exact) mass is 452 g/mol. The predicted octanol–water partition coefficient (Wildman–Crippen LogP) is 5.72. The number of nitrogens with zero attached hydrogens (tertiary/aromatic N) is 3. The number of nitrogens with one attached hydrogen (secondary N) is 1. The maximum absolute atomic E-state index is 14.0. The molecule has 0 spiro atoms. The van der Waals surface area contributed by atoms with Crippen LogP contribution >= 0.6 is 11.3 Å². The molecule has 0 radical (unpaired) electrons. The average Bonchev–Trinajstić information content (AvgIpc) is 3.06. The Morgan fingerprint density at radius 1 is 1.09 bits per heavy atom. The number of aryl methyl sites for hydroxylation is 2. The van der Waals surface area contributed by atoms with Crippen molar-refractivity contribution in [1.29, 1.82) is 0 Å². The first kappa shape index (κ1) is 21.1. The lowest BCUT2D eigenvalue weighted by atomic mass is 10.0. The molecular formula is C25H26F2N4S. The summed E-state index contributed by atoms with van der Waals surface area (Å²) in [5.74, 6) is 0.416. The molecule has 1 atom stereocenters. The molecule has 1 unspecified atom stereocenters. The minimum atomic E-state index is -0.290. The molecule has 1 saturated heterocycles. The first-order valence-electron chi connectivity index (χ1n) is 10.9. The van der Waals surface area contributed by atoms with Crippen LogP contribution in [0.5, 0.6) is 0 Å². The summed E-state index contributed by atoms with van der Waals surface area (Å²) in [6.07, 6.45) is 1.76. The van der Waals surface area contributed by atoms with Gasteiger partial charge in [0, 0.05) is 36.6 Å². The molecule has 2 aliphatic rings. The van der Waals surface area contributed by atoms with Gasteiger partial charge in [0.2, 0.25) is 0 Å². The molecule has 0 bridgehead atoms. The van der Waals surface area contributed by atoms with Gasteiger partial charge in [-0.15, -0.1) is 11.3 Å². The molecule has 1 fully saturated rings. The standard InChI is InChI=1S/C25H26F2N4S/c1-16-12-21-24(28-23-14-19(27)7-9-22(23)29-25(21)32-16)31-11-10-30(2)20(15-31)8-6-17-4-3-5-18(26)13-17/h3-5,7,9,12-14,20,29H,6,8,10-11,15H2,1-2H3. The van der Waals surface area contributed by atoms with Gasteiger partial charge < -0.3 is 10.2 Å². The Balaban J connectivity index is 1.43. The molecule has 166 valence electrons. The third-order valence-corrected chi connectivity index (χ3v) is 7.23. The van der Waals surface area contributed by atoms with Crippen molar-refractivity contribution in [3.05, 3.63) is 76.2 Å². The molecule has 3 heterocycles. The molecule has 2 aromatic carbocycles. The summed E-state index contributed by atoms with van der Waals surface area (Å²) in [7, 11) is 2.15. The number of fused-ring (bicyclic) bond motifs is 2. The van der Waals surface area contributed by atoms with Crippen LogP contribution in [0.3, 0.4) is 0 Å². The van der Waals surface area contributed by atoms with E-state index in [0.717, 1.165) is 60.1 Å². The van der Waals surface area contributed by atoms with E-state index in [4.69, 9.17) is 4.99 Å². The number of halogens is 2. The summed E-state index contributed by atoms with van der Waals surface area (Å²) in [5, 5.41) is 4.50. The van der Waals surface area contributed by atoms with Gasteiger partial charge in [0.25, 0.3) is 0 Å². The van der Waals surface area contributed by atoms with Crippen LogP contribution in [-0.4, -0.2) is 48.4 Å². The van der Waals surface area contributed by atoms with Crippen LogP contribution in [0.25, 0.3) is 0 Å². The highest BCUT2D eigenvalue weighted by atomic mass is 32.1. The van der Waals surface area contributed by atoms with Gasteiger partial charge >= 0.3 is 0 Å². The Morgan fingerprint density at radius 2 is 1.94 bits per heavy atom. The van der Waals surface area contributed by atoms with E-state index in [1.807, 2.05) is 6.07 Å². The molecule has 1 aromatic heterocycles. The molecule has 0 saturated carbocycles. The maximum atomic E-state index is 14.0. The van der Waals surface area contributed by atoms with Crippen molar-refractivity contribution in [2.75, 3.05) is 32.0 Å². The lowest BCUT2D eigenvalue weighted by Gasteiger charge is -2.41. The first-order valence-corrected chi connectivity index (χ1v) is 11.7. The van der Waals surface area contributed by atoms with Gasteiger partial charge in [-0.05, 0) is 62.7 Å². The molecule has 4 nitrogen and oxygen atoms in total. The molecule has 2 aliphatic heterocycles. The lowest BCUT2D eigenvalue weighted by molar-refractivity contribution is 0.134. The van der Waals surface area contributed by atoms with Crippen LogP contribution in [-0.2, 0) is 6.42 Å². The Morgan fingerprint density at radius 3 is 2.78 bits per heavy atom. The second kappa shape index (κ2) is 8.64. The summed E-state index contributed by atoms with van der Waals surface area (Å²) in [4.78, 5) is 10.8. The van der Waals surface area contributed by atoms with Gasteiger partial charge in [0.05, 0.1) is 16.9 Å². The van der Waals surface area contributed by atoms with Crippen LogP contribution < -0.4 is 5.32 Å². The Labute approximate surface area is 191 Å². The second-order valence-corrected chi connectivity index (χ2v) is 9.83. The molecule has 32 heavy (non-hydrogen) atoms. The molecule has 1 N–H and O–H groups in total. The number of anilines is 2. The average molecular weight is 453 g/mol. The second-order valence-electron chi connectivity index (χ2n) is 8.57. The van der Waals surface area contributed by atoms with Crippen LogP contribution in [0.2, 0.25) is 0 Å². The Kier molecular flexibility index (Phi) is 5.69. The van der Waals surface area contributed by atoms with Crippen molar-refractivity contribution in [2.45, 2.75) is 25.8 Å². The highest BCUT2D eigenvalue weighted by Gasteiger charge is 2.30. The fourth-order valence-electron chi connectivity index (χ4n) is 4.49. The van der Waals surface area contributed by atoms with Crippen molar-refractivity contribution in [3.63, 3.8) is 0 Å². The van der Waals surface area contributed by atoms with Crippen LogP contribution in [0.15, 0.2) is 53.5 Å². The van der Waals surface area contributed by atoms with Gasteiger partial charge in [-0.3, -0.25) is 4.90 Å². The molecular weight excluding hydrogens is 426 g/mol. The van der Waals surface area contributed by atoms with Gasteiger partial charge in [-0.25, -0.2) is 13.8 Å². The Bertz CT molecular complexity index is 1170. The number of amidine groups is 1. The van der Waals surface area contributed by atoms with Crippen molar-refractivity contribution in [1.82, 2.24) is 9.80 Å². The van der Waals surface area contributed by atoms with E-state index in [2.05, 4.69) is 35.2 Å². The van der Waals surface area contributed by atoms with Crippen LogP contribution in [0, 0.1) is 18.6 Å². The van der Waals surface area contributed by atoms with E-state index in [1.54, 1.807) is 29.5 Å². The number of thiophene rings is 1. The molecule has 7 heteroatoms. The number of likely N-dealkylation sites (N-methyl/N-ethyl adjacent to an activating group) is 1. The highest BCUT2D eigenvalue weighted by Crippen LogP contribution is 2.39. The van der Waals surface area contributed by atoms with Crippen LogP contribution in [0.1, 0.15) is 22.4 Å². The van der Waals surface area contributed by atoms with Crippen molar-refractivity contribution in [3.8, 4) is 0 Å². The summed E-state index contributed by atoms with van der Waals surface area (Å²) in [5.41, 5.74) is 3.53. The maximum Gasteiger partial charge on any atom is 0.139 e. The van der Waals surface area contributed by atoms with E-state index < -0.39 is 0 Å². The molecule has 5 rings (SSSR count). The minimum Gasteiger partial charge on any atom is -0.353 e. The summed E-state index contributed by atoms with van der Waals surface area (Å²) < 4.78 is 27.6. The number of rotatable bonds is 3. The van der Waals surface area contributed by atoms with Gasteiger partial charge in [0.15, 0.2) is 0 Å². The quantitative estimate of drug-likeness (QED) is 0.552. The fourth-order valence-corrected chi connectivity index (χ4v) is 5.41. The Hall–Kier alpha value is -2.77. The number of hydrogen-bond donors (Lipinski definition) is 1. The SMILES string of the molecule is Cc1cc2c(s1)Nc1ccc(F)cc1N=C2N1CCN(C)C(CCc2cccc(F)c2)C1. The number of hydrogen-bond acceptors (Lipinski definition) is 5. The molecule has 0 amide bonds. The third-order valence-electron chi connectivity index (χ3n) is 6.26. The fraction of sp³-hybridized carbons (Fsp3) is 0.320. The van der Waals surface area contributed by atoms with E-state index in [9.17, 15) is 8.78 Å². The van der Waals surface area contributed by atoms with Crippen LogP contribution in [0.4, 0.5) is 25.2 Å². The van der Waals surface area contributed by atoms with E-state index in [-0.39, 0.29) is 11.6 Å². The van der Waals surface area contributed by atoms with Crippen molar-refractivity contribution < 1.29 is 8.78 Å². The predicted molar refractivity (Wildman–Crippen MR) is 128 cm³/mol. The zero-order chi connectivity index (χ0) is 22.2. The summed E-state index contributed by atoms with van der Waals surface area (Å²) in [6.45, 7) is 4.68.